The molecule has 5 rings (SSSR count). The van der Waals surface area contributed by atoms with Gasteiger partial charge in [-0.2, -0.15) is 0 Å². The van der Waals surface area contributed by atoms with Gasteiger partial charge in [-0.25, -0.2) is 9.79 Å². The Morgan fingerprint density at radius 3 is 2.62 bits per heavy atom. The minimum Gasteiger partial charge on any atom is -0.463 e. The van der Waals surface area contributed by atoms with Gasteiger partial charge in [0.25, 0.3) is 5.56 Å². The lowest BCUT2D eigenvalue weighted by Gasteiger charge is -2.22. The number of esters is 1. The molecule has 0 unspecified atom stereocenters. The van der Waals surface area contributed by atoms with Crippen LogP contribution in [0.5, 0.6) is 0 Å². The molecule has 37 heavy (non-hydrogen) atoms. The van der Waals surface area contributed by atoms with Crippen LogP contribution in [0.3, 0.4) is 0 Å². The molecule has 0 saturated heterocycles. The molecule has 0 spiro atoms. The second kappa shape index (κ2) is 10.3. The normalized spacial score (nSPS) is 15.5. The van der Waals surface area contributed by atoms with Gasteiger partial charge in [0, 0.05) is 10.6 Å². The quantitative estimate of drug-likeness (QED) is 0.274. The highest BCUT2D eigenvalue weighted by molar-refractivity contribution is 7.07. The van der Waals surface area contributed by atoms with Gasteiger partial charge in [-0.3, -0.25) is 9.36 Å². The van der Waals surface area contributed by atoms with E-state index in [1.807, 2.05) is 18.2 Å². The molecular weight excluding hydrogens is 555 g/mol. The first-order valence-corrected chi connectivity index (χ1v) is 13.2. The highest BCUT2D eigenvalue weighted by atomic mass is 35.5. The number of rotatable bonds is 5. The third-order valence-electron chi connectivity index (χ3n) is 5.81. The fraction of sp³-hybridized carbons (Fsp3) is 0.148. The van der Waals surface area contributed by atoms with Gasteiger partial charge in [0.05, 0.1) is 32.5 Å². The summed E-state index contributed by atoms with van der Waals surface area (Å²) < 4.78 is 13.4. The fourth-order valence-corrected chi connectivity index (χ4v) is 5.62. The van der Waals surface area contributed by atoms with Gasteiger partial charge in [0.15, 0.2) is 4.80 Å². The maximum Gasteiger partial charge on any atom is 0.338 e. The number of carbonyl (C=O) groups is 1. The van der Waals surface area contributed by atoms with Crippen LogP contribution in [-0.4, -0.2) is 17.1 Å². The van der Waals surface area contributed by atoms with Crippen LogP contribution in [-0.2, 0) is 9.53 Å². The van der Waals surface area contributed by atoms with Crippen molar-refractivity contribution in [3.05, 3.63) is 112 Å². The number of halogens is 3. The minimum absolute atomic E-state index is 0.173. The number of benzene rings is 2. The number of fused-ring (bicyclic) bond motifs is 1. The SMILES string of the molecule is CCOC(=O)C1=C(C)N=c2s/c(=C\c3ccccc3Cl)c(=O)n2[C@H]1c1ccc(-c2ccc(Cl)c(Cl)c2)o1. The summed E-state index contributed by atoms with van der Waals surface area (Å²) in [5.41, 5.74) is 1.75. The molecule has 1 aliphatic rings. The molecule has 0 amide bonds. The average Bonchev–Trinajstić information content (AvgIpc) is 3.47. The van der Waals surface area contributed by atoms with E-state index in [1.165, 1.54) is 15.9 Å². The van der Waals surface area contributed by atoms with Crippen molar-refractivity contribution in [2.45, 2.75) is 19.9 Å². The Hall–Kier alpha value is -3.10. The van der Waals surface area contributed by atoms with Gasteiger partial charge in [-0.15, -0.1) is 0 Å². The van der Waals surface area contributed by atoms with E-state index in [-0.39, 0.29) is 17.7 Å². The molecule has 3 heterocycles. The lowest BCUT2D eigenvalue weighted by atomic mass is 10.0. The molecule has 1 atom stereocenters. The van der Waals surface area contributed by atoms with Crippen LogP contribution in [0, 0.1) is 0 Å². The van der Waals surface area contributed by atoms with Crippen LogP contribution in [0.25, 0.3) is 17.4 Å². The lowest BCUT2D eigenvalue weighted by molar-refractivity contribution is -0.139. The predicted molar refractivity (Wildman–Crippen MR) is 146 cm³/mol. The standard InChI is InChI=1S/C27H19Cl3N2O4S/c1-3-35-26(34)23-14(2)31-27-32(25(33)22(37-27)13-15-6-4-5-7-17(15)28)24(23)21-11-10-20(36-21)16-8-9-18(29)19(30)12-16/h4-13,24H,3H2,1-2H3/b22-13-/t24-/m0/s1. The molecule has 0 fully saturated rings. The molecule has 10 heteroatoms. The molecule has 4 aromatic rings. The second-order valence-corrected chi connectivity index (χ2v) is 10.4. The summed E-state index contributed by atoms with van der Waals surface area (Å²) in [5.74, 6) is 0.315. The van der Waals surface area contributed by atoms with Crippen molar-refractivity contribution in [2.24, 2.45) is 4.99 Å². The third-order valence-corrected chi connectivity index (χ3v) is 7.88. The smallest absolute Gasteiger partial charge is 0.338 e. The number of allylic oxidation sites excluding steroid dienone is 1. The van der Waals surface area contributed by atoms with Crippen molar-refractivity contribution >= 4 is 58.2 Å². The zero-order valence-electron chi connectivity index (χ0n) is 19.6. The highest BCUT2D eigenvalue weighted by Crippen LogP contribution is 2.35. The average molecular weight is 574 g/mol. The molecule has 0 radical (unpaired) electrons. The summed E-state index contributed by atoms with van der Waals surface area (Å²) in [7, 11) is 0. The van der Waals surface area contributed by atoms with E-state index in [2.05, 4.69) is 4.99 Å². The Balaban J connectivity index is 1.70. The molecule has 2 aromatic heterocycles. The van der Waals surface area contributed by atoms with E-state index in [0.717, 1.165) is 0 Å². The summed E-state index contributed by atoms with van der Waals surface area (Å²) >= 11 is 19.8. The van der Waals surface area contributed by atoms with Crippen molar-refractivity contribution in [1.82, 2.24) is 4.57 Å². The topological polar surface area (TPSA) is 73.8 Å². The first-order chi connectivity index (χ1) is 17.8. The lowest BCUT2D eigenvalue weighted by Crippen LogP contribution is -2.39. The van der Waals surface area contributed by atoms with Gasteiger partial charge in [0.1, 0.15) is 17.6 Å². The number of aromatic nitrogens is 1. The fourth-order valence-electron chi connectivity index (χ4n) is 4.10. The highest BCUT2D eigenvalue weighted by Gasteiger charge is 2.35. The number of ether oxygens (including phenoxy) is 1. The molecular formula is C27H19Cl3N2O4S. The zero-order chi connectivity index (χ0) is 26.3. The molecule has 2 aromatic carbocycles. The molecule has 188 valence electrons. The van der Waals surface area contributed by atoms with E-state index in [4.69, 9.17) is 44.0 Å². The van der Waals surface area contributed by atoms with Crippen molar-refractivity contribution in [3.63, 3.8) is 0 Å². The summed E-state index contributed by atoms with van der Waals surface area (Å²) in [6, 6.07) is 15.0. The number of nitrogens with zero attached hydrogens (tertiary/aromatic N) is 2. The van der Waals surface area contributed by atoms with Crippen LogP contribution in [0.2, 0.25) is 15.1 Å². The van der Waals surface area contributed by atoms with E-state index in [9.17, 15) is 9.59 Å². The van der Waals surface area contributed by atoms with Crippen molar-refractivity contribution < 1.29 is 13.9 Å². The Labute approximate surface area is 230 Å². The van der Waals surface area contributed by atoms with Crippen molar-refractivity contribution in [1.29, 1.82) is 0 Å². The Kier molecular flexibility index (Phi) is 7.14. The van der Waals surface area contributed by atoms with Gasteiger partial charge in [0.2, 0.25) is 0 Å². The molecule has 0 saturated carbocycles. The van der Waals surface area contributed by atoms with Crippen LogP contribution >= 0.6 is 46.1 Å². The number of furan rings is 1. The summed E-state index contributed by atoms with van der Waals surface area (Å²) in [4.78, 5) is 31.8. The van der Waals surface area contributed by atoms with Crippen LogP contribution < -0.4 is 14.9 Å². The molecule has 0 aliphatic carbocycles. The van der Waals surface area contributed by atoms with Crippen molar-refractivity contribution in [2.75, 3.05) is 6.61 Å². The number of thiazole rings is 1. The summed E-state index contributed by atoms with van der Waals surface area (Å²) in [5, 5.41) is 1.32. The van der Waals surface area contributed by atoms with E-state index < -0.39 is 12.0 Å². The van der Waals surface area contributed by atoms with Crippen LogP contribution in [0.1, 0.15) is 31.2 Å². The summed E-state index contributed by atoms with van der Waals surface area (Å²) in [6.45, 7) is 3.61. The molecule has 0 bridgehead atoms. The van der Waals surface area contributed by atoms with Gasteiger partial charge in [-0.1, -0.05) is 64.3 Å². The van der Waals surface area contributed by atoms with Gasteiger partial charge >= 0.3 is 5.97 Å². The first-order valence-electron chi connectivity index (χ1n) is 11.3. The van der Waals surface area contributed by atoms with E-state index in [0.29, 0.717) is 52.7 Å². The summed E-state index contributed by atoms with van der Waals surface area (Å²) in [6.07, 6.45) is 1.72. The molecule has 0 N–H and O–H groups in total. The number of carbonyl (C=O) groups excluding carboxylic acids is 1. The third kappa shape index (κ3) is 4.80. The number of hydrogen-bond donors (Lipinski definition) is 0. The molecule has 1 aliphatic heterocycles. The largest absolute Gasteiger partial charge is 0.463 e. The van der Waals surface area contributed by atoms with Gasteiger partial charge < -0.3 is 9.15 Å². The Morgan fingerprint density at radius 1 is 1.11 bits per heavy atom. The van der Waals surface area contributed by atoms with Crippen LogP contribution in [0.4, 0.5) is 0 Å². The maximum absolute atomic E-state index is 13.7. The monoisotopic (exact) mass is 572 g/mol. The number of hydrogen-bond acceptors (Lipinski definition) is 6. The second-order valence-electron chi connectivity index (χ2n) is 8.15. The minimum atomic E-state index is -0.875. The van der Waals surface area contributed by atoms with Gasteiger partial charge in [-0.05, 0) is 61.9 Å². The van der Waals surface area contributed by atoms with Crippen LogP contribution in [0.15, 0.2) is 80.1 Å². The Morgan fingerprint density at radius 2 is 1.89 bits per heavy atom. The van der Waals surface area contributed by atoms with E-state index >= 15 is 0 Å². The first kappa shape index (κ1) is 25.5. The predicted octanol–water partition coefficient (Wildman–Crippen LogP) is 6.02. The van der Waals surface area contributed by atoms with E-state index in [1.54, 1.807) is 56.3 Å². The van der Waals surface area contributed by atoms with Crippen molar-refractivity contribution in [3.8, 4) is 11.3 Å². The Bertz CT molecular complexity index is 1750. The molecule has 6 nitrogen and oxygen atoms in total. The maximum atomic E-state index is 13.7. The zero-order valence-corrected chi connectivity index (χ0v) is 22.7.